The van der Waals surface area contributed by atoms with Gasteiger partial charge in [-0.05, 0) is 29.8 Å². The molecule has 2 aromatic rings. The number of hydrogen-bond acceptors (Lipinski definition) is 2. The second-order valence-electron chi connectivity index (χ2n) is 4.45. The monoisotopic (exact) mass is 273 g/mol. The summed E-state index contributed by atoms with van der Waals surface area (Å²) in [6.45, 7) is 0.752. The van der Waals surface area contributed by atoms with Crippen LogP contribution in [0.5, 0.6) is 0 Å². The molecule has 0 unspecified atom stereocenters. The number of rotatable bonds is 4. The van der Waals surface area contributed by atoms with E-state index in [1.807, 2.05) is 55.6 Å². The highest BCUT2D eigenvalue weighted by molar-refractivity contribution is 6.30. The predicted molar refractivity (Wildman–Crippen MR) is 81.0 cm³/mol. The van der Waals surface area contributed by atoms with Gasteiger partial charge in [0.25, 0.3) is 0 Å². The Morgan fingerprint density at radius 1 is 1.21 bits per heavy atom. The highest BCUT2D eigenvalue weighted by Gasteiger charge is 2.04. The van der Waals surface area contributed by atoms with Gasteiger partial charge in [-0.15, -0.1) is 0 Å². The molecule has 19 heavy (non-hydrogen) atoms. The lowest BCUT2D eigenvalue weighted by atomic mass is 10.1. The van der Waals surface area contributed by atoms with E-state index in [-0.39, 0.29) is 5.84 Å². The summed E-state index contributed by atoms with van der Waals surface area (Å²) in [5.41, 5.74) is 8.40. The first-order valence-electron chi connectivity index (χ1n) is 5.96. The second-order valence-corrected chi connectivity index (χ2v) is 4.89. The SMILES string of the molecule is CN(Cc1cccc(Cl)c1)c1cccc(C(=N)N)c1. The third kappa shape index (κ3) is 3.48. The number of nitrogen functional groups attached to an aromatic ring is 1. The van der Waals surface area contributed by atoms with E-state index in [4.69, 9.17) is 22.7 Å². The molecule has 3 N–H and O–H groups in total. The van der Waals surface area contributed by atoms with E-state index in [0.29, 0.717) is 0 Å². The van der Waals surface area contributed by atoms with E-state index in [2.05, 4.69) is 4.90 Å². The maximum Gasteiger partial charge on any atom is 0.122 e. The maximum absolute atomic E-state index is 7.46. The van der Waals surface area contributed by atoms with Crippen molar-refractivity contribution >= 4 is 23.1 Å². The van der Waals surface area contributed by atoms with Crippen LogP contribution in [0.25, 0.3) is 0 Å². The summed E-state index contributed by atoms with van der Waals surface area (Å²) in [5.74, 6) is 0.0815. The van der Waals surface area contributed by atoms with E-state index >= 15 is 0 Å². The topological polar surface area (TPSA) is 53.1 Å². The fraction of sp³-hybridized carbons (Fsp3) is 0.133. The van der Waals surface area contributed by atoms with Gasteiger partial charge in [-0.1, -0.05) is 35.9 Å². The van der Waals surface area contributed by atoms with Crippen LogP contribution in [0, 0.1) is 5.41 Å². The van der Waals surface area contributed by atoms with Crippen molar-refractivity contribution in [3.63, 3.8) is 0 Å². The molecule has 0 fully saturated rings. The average Bonchev–Trinajstić information content (AvgIpc) is 2.39. The summed E-state index contributed by atoms with van der Waals surface area (Å²) in [6.07, 6.45) is 0. The third-order valence-electron chi connectivity index (χ3n) is 2.91. The summed E-state index contributed by atoms with van der Waals surface area (Å²) in [4.78, 5) is 2.10. The number of nitrogens with zero attached hydrogens (tertiary/aromatic N) is 1. The van der Waals surface area contributed by atoms with E-state index in [9.17, 15) is 0 Å². The van der Waals surface area contributed by atoms with E-state index in [0.717, 1.165) is 28.4 Å². The lowest BCUT2D eigenvalue weighted by Crippen LogP contribution is -2.18. The van der Waals surface area contributed by atoms with Gasteiger partial charge in [0.2, 0.25) is 0 Å². The molecule has 0 aliphatic carbocycles. The normalized spacial score (nSPS) is 10.2. The zero-order valence-corrected chi connectivity index (χ0v) is 11.5. The van der Waals surface area contributed by atoms with Crippen molar-refractivity contribution in [2.75, 3.05) is 11.9 Å². The molecule has 0 atom stereocenters. The van der Waals surface area contributed by atoms with E-state index in [1.165, 1.54) is 0 Å². The first-order valence-corrected chi connectivity index (χ1v) is 6.34. The van der Waals surface area contributed by atoms with Crippen LogP contribution in [-0.2, 0) is 6.54 Å². The minimum Gasteiger partial charge on any atom is -0.384 e. The van der Waals surface area contributed by atoms with Crippen LogP contribution in [0.4, 0.5) is 5.69 Å². The minimum absolute atomic E-state index is 0.0815. The molecule has 0 aliphatic rings. The standard InChI is InChI=1S/C15H16ClN3/c1-19(10-11-4-2-6-13(16)8-11)14-7-3-5-12(9-14)15(17)18/h2-9H,10H2,1H3,(H3,17,18). The number of amidine groups is 1. The molecule has 2 aromatic carbocycles. The lowest BCUT2D eigenvalue weighted by molar-refractivity contribution is 0.923. The first-order chi connectivity index (χ1) is 9.06. The molecular formula is C15H16ClN3. The van der Waals surface area contributed by atoms with Crippen molar-refractivity contribution < 1.29 is 0 Å². The molecule has 98 valence electrons. The van der Waals surface area contributed by atoms with Crippen molar-refractivity contribution in [2.45, 2.75) is 6.54 Å². The Labute approximate surface area is 118 Å². The van der Waals surface area contributed by atoms with Gasteiger partial charge < -0.3 is 10.6 Å². The van der Waals surface area contributed by atoms with Crippen LogP contribution >= 0.6 is 11.6 Å². The second kappa shape index (κ2) is 5.76. The van der Waals surface area contributed by atoms with Crippen molar-refractivity contribution in [1.29, 1.82) is 5.41 Å². The molecule has 0 saturated heterocycles. The molecule has 0 aromatic heterocycles. The molecule has 4 heteroatoms. The van der Waals surface area contributed by atoms with E-state index < -0.39 is 0 Å². The lowest BCUT2D eigenvalue weighted by Gasteiger charge is -2.20. The Bertz CT molecular complexity index is 595. The van der Waals surface area contributed by atoms with Gasteiger partial charge in [-0.2, -0.15) is 0 Å². The van der Waals surface area contributed by atoms with Crippen molar-refractivity contribution in [3.05, 3.63) is 64.7 Å². The van der Waals surface area contributed by atoms with Gasteiger partial charge in [-0.3, -0.25) is 5.41 Å². The average molecular weight is 274 g/mol. The fourth-order valence-electron chi connectivity index (χ4n) is 1.91. The molecule has 0 saturated carbocycles. The van der Waals surface area contributed by atoms with Crippen molar-refractivity contribution in [3.8, 4) is 0 Å². The van der Waals surface area contributed by atoms with Crippen LogP contribution in [0.2, 0.25) is 5.02 Å². The molecule has 0 radical (unpaired) electrons. The number of hydrogen-bond donors (Lipinski definition) is 2. The third-order valence-corrected chi connectivity index (χ3v) is 3.14. The minimum atomic E-state index is 0.0815. The molecule has 0 amide bonds. The Morgan fingerprint density at radius 2 is 1.95 bits per heavy atom. The largest absolute Gasteiger partial charge is 0.384 e. The number of anilines is 1. The van der Waals surface area contributed by atoms with E-state index in [1.54, 1.807) is 0 Å². The first kappa shape index (κ1) is 13.4. The van der Waals surface area contributed by atoms with Gasteiger partial charge in [0.1, 0.15) is 5.84 Å². The van der Waals surface area contributed by atoms with Gasteiger partial charge in [-0.25, -0.2) is 0 Å². The summed E-state index contributed by atoms with van der Waals surface area (Å²) >= 11 is 5.98. The van der Waals surface area contributed by atoms with Gasteiger partial charge >= 0.3 is 0 Å². The number of halogens is 1. The molecule has 0 aliphatic heterocycles. The van der Waals surface area contributed by atoms with Crippen LogP contribution < -0.4 is 10.6 Å². The Kier molecular flexibility index (Phi) is 4.07. The summed E-state index contributed by atoms with van der Waals surface area (Å²) in [5, 5.41) is 8.20. The zero-order chi connectivity index (χ0) is 13.8. The fourth-order valence-corrected chi connectivity index (χ4v) is 2.12. The molecule has 0 bridgehead atoms. The Hall–Kier alpha value is -2.00. The zero-order valence-electron chi connectivity index (χ0n) is 10.7. The van der Waals surface area contributed by atoms with Crippen LogP contribution in [0.15, 0.2) is 48.5 Å². The number of nitrogens with two attached hydrogens (primary N) is 1. The highest BCUT2D eigenvalue weighted by Crippen LogP contribution is 2.18. The summed E-state index contributed by atoms with van der Waals surface area (Å²) in [6, 6.07) is 15.4. The molecule has 0 heterocycles. The van der Waals surface area contributed by atoms with Crippen LogP contribution in [0.1, 0.15) is 11.1 Å². The van der Waals surface area contributed by atoms with Gasteiger partial charge in [0.15, 0.2) is 0 Å². The molecule has 0 spiro atoms. The molecule has 3 nitrogen and oxygen atoms in total. The number of benzene rings is 2. The molecular weight excluding hydrogens is 258 g/mol. The summed E-state index contributed by atoms with van der Waals surface area (Å²) in [7, 11) is 2.00. The van der Waals surface area contributed by atoms with Crippen LogP contribution in [0.3, 0.4) is 0 Å². The quantitative estimate of drug-likeness (QED) is 0.664. The number of nitrogens with one attached hydrogen (secondary N) is 1. The van der Waals surface area contributed by atoms with Gasteiger partial charge in [0.05, 0.1) is 0 Å². The smallest absolute Gasteiger partial charge is 0.122 e. The maximum atomic E-state index is 7.46. The Balaban J connectivity index is 2.18. The summed E-state index contributed by atoms with van der Waals surface area (Å²) < 4.78 is 0. The predicted octanol–water partition coefficient (Wildman–Crippen LogP) is 3.26. The highest BCUT2D eigenvalue weighted by atomic mass is 35.5. The molecule has 2 rings (SSSR count). The van der Waals surface area contributed by atoms with Gasteiger partial charge in [0, 0.05) is 29.9 Å². The van der Waals surface area contributed by atoms with Crippen molar-refractivity contribution in [1.82, 2.24) is 0 Å². The van der Waals surface area contributed by atoms with Crippen molar-refractivity contribution in [2.24, 2.45) is 5.73 Å². The van der Waals surface area contributed by atoms with Crippen LogP contribution in [-0.4, -0.2) is 12.9 Å². The Morgan fingerprint density at radius 3 is 2.63 bits per heavy atom.